The normalized spacial score (nSPS) is 24.7. The van der Waals surface area contributed by atoms with Crippen LogP contribution in [0, 0.1) is 11.3 Å². The molecule has 5 amide bonds. The molecule has 5 atom stereocenters. The molecule has 49 heavy (non-hydrogen) atoms. The minimum Gasteiger partial charge on any atom is -0.439 e. The van der Waals surface area contributed by atoms with Crippen molar-refractivity contribution in [3.05, 3.63) is 29.3 Å². The number of likely N-dealkylation sites (tertiary alicyclic amines) is 1. The van der Waals surface area contributed by atoms with Crippen LogP contribution in [0.3, 0.4) is 0 Å². The first kappa shape index (κ1) is 36.9. The average molecular weight is 702 g/mol. The quantitative estimate of drug-likeness (QED) is 0.256. The van der Waals surface area contributed by atoms with Gasteiger partial charge in [0.05, 0.1) is 19.1 Å². The summed E-state index contributed by atoms with van der Waals surface area (Å²) in [6.07, 6.45) is 6.14. The van der Waals surface area contributed by atoms with E-state index in [1.54, 1.807) is 24.3 Å². The van der Waals surface area contributed by atoms with Crippen LogP contribution in [0.4, 0.5) is 10.5 Å². The SMILES string of the molecule is CCC[C@H](NC(=O)[C@@H]1C[C@@]2(CN(c3cccc(Cl)c3)C(=O)O2)CN1C(=O)C(NC(=O)CC1CCCCC1)C(C)(C)C)C(O)C(=O)NC1CC1. The third-order valence-electron chi connectivity index (χ3n) is 10.2. The zero-order chi connectivity index (χ0) is 35.5. The standard InChI is InChI=1S/C36H52ClN5O7/c1-5-10-26(29(44)32(46)38-24-15-16-24)39-31(45)27-19-36(20-41(34(48)49-36)25-14-9-13-23(37)18-25)21-42(27)33(47)30(35(2,3)4)40-28(43)17-22-11-7-6-8-12-22/h9,13-14,18,22,24,26-27,29-30,44H,5-8,10-12,15-17,19-21H2,1-4H3,(H,38,46)(H,39,45)(H,40,43)/t26-,27-,29?,30?,36+/m0/s1. The second kappa shape index (κ2) is 15.2. The van der Waals surface area contributed by atoms with E-state index in [0.29, 0.717) is 30.0 Å². The van der Waals surface area contributed by atoms with Crippen molar-refractivity contribution in [2.75, 3.05) is 18.0 Å². The fraction of sp³-hybridized carbons (Fsp3) is 0.694. The molecule has 0 aromatic heterocycles. The zero-order valence-electron chi connectivity index (χ0n) is 29.1. The van der Waals surface area contributed by atoms with Crippen LogP contribution in [-0.2, 0) is 23.9 Å². The summed E-state index contributed by atoms with van der Waals surface area (Å²) in [4.78, 5) is 71.0. The van der Waals surface area contributed by atoms with E-state index in [1.165, 1.54) is 16.2 Å². The van der Waals surface area contributed by atoms with E-state index in [-0.39, 0.29) is 37.4 Å². The molecule has 12 nitrogen and oxygen atoms in total. The molecule has 1 aromatic rings. The Hall–Kier alpha value is -3.38. The molecule has 2 aliphatic carbocycles. The monoisotopic (exact) mass is 701 g/mol. The minimum absolute atomic E-state index is 0.0104. The van der Waals surface area contributed by atoms with E-state index in [0.717, 1.165) is 38.5 Å². The van der Waals surface area contributed by atoms with Gasteiger partial charge in [0.1, 0.15) is 12.1 Å². The van der Waals surface area contributed by atoms with Crippen LogP contribution in [0.25, 0.3) is 0 Å². The van der Waals surface area contributed by atoms with Gasteiger partial charge in [0.25, 0.3) is 5.91 Å². The van der Waals surface area contributed by atoms with Crippen LogP contribution in [0.15, 0.2) is 24.3 Å². The third kappa shape index (κ3) is 9.05. The maximum absolute atomic E-state index is 14.6. The fourth-order valence-electron chi connectivity index (χ4n) is 7.35. The summed E-state index contributed by atoms with van der Waals surface area (Å²) in [7, 11) is 0. The van der Waals surface area contributed by atoms with E-state index in [4.69, 9.17) is 16.3 Å². The number of benzene rings is 1. The smallest absolute Gasteiger partial charge is 0.415 e. The summed E-state index contributed by atoms with van der Waals surface area (Å²) in [6, 6.07) is 3.87. The Morgan fingerprint density at radius 1 is 1.06 bits per heavy atom. The number of amides is 5. The lowest BCUT2D eigenvalue weighted by molar-refractivity contribution is -0.145. The number of nitrogens with one attached hydrogen (secondary N) is 3. The molecule has 270 valence electrons. The lowest BCUT2D eigenvalue weighted by atomic mass is 9.84. The topological polar surface area (TPSA) is 157 Å². The predicted octanol–water partition coefficient (Wildman–Crippen LogP) is 4.06. The molecule has 13 heteroatoms. The number of nitrogens with zero attached hydrogens (tertiary/aromatic N) is 2. The molecule has 4 N–H and O–H groups in total. The summed E-state index contributed by atoms with van der Waals surface area (Å²) in [5.74, 6) is -1.51. The lowest BCUT2D eigenvalue weighted by Gasteiger charge is -2.36. The van der Waals surface area contributed by atoms with Gasteiger partial charge in [-0.3, -0.25) is 24.1 Å². The Morgan fingerprint density at radius 2 is 1.78 bits per heavy atom. The molecule has 5 rings (SSSR count). The largest absolute Gasteiger partial charge is 0.439 e. The molecule has 4 aliphatic rings. The second-order valence-corrected chi connectivity index (χ2v) is 15.9. The number of aliphatic hydroxyl groups excluding tert-OH is 1. The Labute approximate surface area is 294 Å². The van der Waals surface area contributed by atoms with Crippen LogP contribution >= 0.6 is 11.6 Å². The Morgan fingerprint density at radius 3 is 2.41 bits per heavy atom. The van der Waals surface area contributed by atoms with E-state index >= 15 is 0 Å². The molecule has 0 radical (unpaired) electrons. The number of carbonyl (C=O) groups excluding carboxylic acids is 5. The molecule has 0 bridgehead atoms. The van der Waals surface area contributed by atoms with Gasteiger partial charge in [0.15, 0.2) is 11.7 Å². The van der Waals surface area contributed by atoms with Crippen molar-refractivity contribution in [2.24, 2.45) is 11.3 Å². The van der Waals surface area contributed by atoms with Gasteiger partial charge in [-0.1, -0.05) is 71.0 Å². The third-order valence-corrected chi connectivity index (χ3v) is 10.4. The summed E-state index contributed by atoms with van der Waals surface area (Å²) in [5.41, 5.74) is -1.42. The van der Waals surface area contributed by atoms with Crippen LogP contribution < -0.4 is 20.9 Å². The summed E-state index contributed by atoms with van der Waals surface area (Å²) in [5, 5.41) is 20.1. The molecule has 2 unspecified atom stereocenters. The highest BCUT2D eigenvalue weighted by molar-refractivity contribution is 6.30. The molecule has 2 saturated heterocycles. The molecular formula is C36H52ClN5O7. The maximum Gasteiger partial charge on any atom is 0.415 e. The number of hydrogen-bond acceptors (Lipinski definition) is 7. The van der Waals surface area contributed by atoms with Crippen LogP contribution in [0.5, 0.6) is 0 Å². The Bertz CT molecular complexity index is 1410. The molecule has 1 aromatic carbocycles. The van der Waals surface area contributed by atoms with Crippen molar-refractivity contribution in [1.29, 1.82) is 0 Å². The van der Waals surface area contributed by atoms with Gasteiger partial charge in [0, 0.05) is 29.6 Å². The highest BCUT2D eigenvalue weighted by Gasteiger charge is 2.58. The first-order valence-electron chi connectivity index (χ1n) is 17.8. The number of carbonyl (C=O) groups is 5. The molecule has 2 saturated carbocycles. The van der Waals surface area contributed by atoms with Gasteiger partial charge in [-0.05, 0) is 61.6 Å². The van der Waals surface area contributed by atoms with Crippen molar-refractivity contribution in [2.45, 2.75) is 134 Å². The van der Waals surface area contributed by atoms with E-state index < -0.39 is 59.1 Å². The van der Waals surface area contributed by atoms with Crippen molar-refractivity contribution in [3.8, 4) is 0 Å². The Balaban J connectivity index is 1.40. The van der Waals surface area contributed by atoms with Crippen molar-refractivity contribution in [3.63, 3.8) is 0 Å². The molecule has 1 spiro atoms. The van der Waals surface area contributed by atoms with Gasteiger partial charge in [-0.25, -0.2) is 4.79 Å². The number of ether oxygens (including phenoxy) is 1. The summed E-state index contributed by atoms with van der Waals surface area (Å²) < 4.78 is 5.98. The summed E-state index contributed by atoms with van der Waals surface area (Å²) in [6.45, 7) is 7.46. The molecule has 2 aliphatic heterocycles. The maximum atomic E-state index is 14.6. The van der Waals surface area contributed by atoms with Crippen molar-refractivity contribution >= 4 is 47.0 Å². The van der Waals surface area contributed by atoms with Gasteiger partial charge in [0.2, 0.25) is 17.7 Å². The first-order chi connectivity index (χ1) is 23.2. The predicted molar refractivity (Wildman–Crippen MR) is 185 cm³/mol. The van der Waals surface area contributed by atoms with Gasteiger partial charge in [-0.2, -0.15) is 0 Å². The molecule has 4 fully saturated rings. The number of halogens is 1. The average Bonchev–Trinajstić information content (AvgIpc) is 3.70. The van der Waals surface area contributed by atoms with E-state index in [9.17, 15) is 29.1 Å². The van der Waals surface area contributed by atoms with Crippen molar-refractivity contribution < 1.29 is 33.8 Å². The molecule has 2 heterocycles. The van der Waals surface area contributed by atoms with Crippen LogP contribution in [0.2, 0.25) is 5.02 Å². The zero-order valence-corrected chi connectivity index (χ0v) is 29.9. The van der Waals surface area contributed by atoms with Crippen LogP contribution in [0.1, 0.15) is 98.3 Å². The highest BCUT2D eigenvalue weighted by atomic mass is 35.5. The lowest BCUT2D eigenvalue weighted by Crippen LogP contribution is -2.59. The van der Waals surface area contributed by atoms with Gasteiger partial charge >= 0.3 is 6.09 Å². The fourth-order valence-corrected chi connectivity index (χ4v) is 7.54. The van der Waals surface area contributed by atoms with E-state index in [1.807, 2.05) is 27.7 Å². The highest BCUT2D eigenvalue weighted by Crippen LogP contribution is 2.40. The summed E-state index contributed by atoms with van der Waals surface area (Å²) >= 11 is 6.22. The second-order valence-electron chi connectivity index (χ2n) is 15.5. The van der Waals surface area contributed by atoms with Gasteiger partial charge < -0.3 is 30.7 Å². The molecular weight excluding hydrogens is 650 g/mol. The Kier molecular flexibility index (Phi) is 11.5. The number of anilines is 1. The number of rotatable bonds is 12. The number of aliphatic hydroxyl groups is 1. The van der Waals surface area contributed by atoms with Crippen LogP contribution in [-0.4, -0.2) is 88.7 Å². The number of hydrogen-bond donors (Lipinski definition) is 4. The minimum atomic E-state index is -1.48. The van der Waals surface area contributed by atoms with Crippen molar-refractivity contribution in [1.82, 2.24) is 20.9 Å². The van der Waals surface area contributed by atoms with E-state index in [2.05, 4.69) is 16.0 Å². The first-order valence-corrected chi connectivity index (χ1v) is 18.2. The van der Waals surface area contributed by atoms with Gasteiger partial charge in [-0.15, -0.1) is 0 Å².